The van der Waals surface area contributed by atoms with Gasteiger partial charge in [-0.25, -0.2) is 8.42 Å². The van der Waals surface area contributed by atoms with Crippen molar-refractivity contribution in [3.63, 3.8) is 0 Å². The van der Waals surface area contributed by atoms with Gasteiger partial charge < -0.3 is 15.2 Å². The second-order valence-electron chi connectivity index (χ2n) is 9.49. The highest BCUT2D eigenvalue weighted by molar-refractivity contribution is 7.91. The lowest BCUT2D eigenvalue weighted by Crippen LogP contribution is -2.40. The molecular weight excluding hydrogens is 511 g/mol. The van der Waals surface area contributed by atoms with E-state index in [1.807, 2.05) is 0 Å². The summed E-state index contributed by atoms with van der Waals surface area (Å²) in [5, 5.41) is 12.6. The van der Waals surface area contributed by atoms with Gasteiger partial charge in [-0.1, -0.05) is 19.1 Å². The molecule has 3 heterocycles. The number of aliphatic hydroxyl groups excluding tert-OH is 1. The number of alkyl halides is 3. The minimum atomic E-state index is -4.33. The highest BCUT2D eigenvalue weighted by Crippen LogP contribution is 2.33. The number of halogens is 3. The fourth-order valence-corrected chi connectivity index (χ4v) is 5.59. The number of fused-ring (bicyclic) bond motifs is 1. The van der Waals surface area contributed by atoms with Crippen LogP contribution in [-0.4, -0.2) is 67.1 Å². The Morgan fingerprint density at radius 3 is 2.57 bits per heavy atom. The van der Waals surface area contributed by atoms with Crippen LogP contribution in [0.4, 0.5) is 13.2 Å². The van der Waals surface area contributed by atoms with Gasteiger partial charge in [0.05, 0.1) is 41.2 Å². The molecule has 12 heteroatoms. The Labute approximate surface area is 213 Å². The standard InChI is InChI=1S/C25H30F3N3O5S/c1-2-37(34,35)20-6-4-17(5-7-20)22(14-32)30-24(33)18-9-19-12-31(13-21(19)29-10-18)11-16-3-8-23(36-15-16)25(26,27)28/h4-7,9-10,16,22-23,32H,2-3,8,11-15H2,1H3,(H,30,33)/t16-,22-,23?/m0/s1. The number of nitrogens with zero attached hydrogens (tertiary/aromatic N) is 2. The molecule has 3 atom stereocenters. The Morgan fingerprint density at radius 1 is 1.24 bits per heavy atom. The molecule has 2 N–H and O–H groups in total. The van der Waals surface area contributed by atoms with Gasteiger partial charge in [0.2, 0.25) is 0 Å². The lowest BCUT2D eigenvalue weighted by molar-refractivity contribution is -0.236. The summed E-state index contributed by atoms with van der Waals surface area (Å²) in [6.45, 7) is 2.89. The van der Waals surface area contributed by atoms with Gasteiger partial charge in [-0.15, -0.1) is 0 Å². The fraction of sp³-hybridized carbons (Fsp3) is 0.520. The number of hydrogen-bond acceptors (Lipinski definition) is 7. The summed E-state index contributed by atoms with van der Waals surface area (Å²) in [7, 11) is -3.36. The van der Waals surface area contributed by atoms with Crippen molar-refractivity contribution < 1.29 is 36.2 Å². The van der Waals surface area contributed by atoms with E-state index in [2.05, 4.69) is 15.2 Å². The monoisotopic (exact) mass is 541 g/mol. The molecule has 1 saturated heterocycles. The molecule has 2 aliphatic heterocycles. The molecule has 1 unspecified atom stereocenters. The zero-order valence-corrected chi connectivity index (χ0v) is 21.2. The minimum Gasteiger partial charge on any atom is -0.394 e. The fourth-order valence-electron chi connectivity index (χ4n) is 4.70. The van der Waals surface area contributed by atoms with Crippen LogP contribution in [0.1, 0.15) is 53.0 Å². The number of sulfone groups is 1. The molecule has 8 nitrogen and oxygen atoms in total. The third-order valence-electron chi connectivity index (χ3n) is 6.85. The zero-order chi connectivity index (χ0) is 26.8. The van der Waals surface area contributed by atoms with Crippen molar-refractivity contribution in [3.8, 4) is 0 Å². The van der Waals surface area contributed by atoms with E-state index in [4.69, 9.17) is 4.74 Å². The van der Waals surface area contributed by atoms with Crippen LogP contribution in [0.5, 0.6) is 0 Å². The predicted molar refractivity (Wildman–Crippen MR) is 128 cm³/mol. The van der Waals surface area contributed by atoms with E-state index < -0.39 is 34.1 Å². The van der Waals surface area contributed by atoms with Gasteiger partial charge in [-0.3, -0.25) is 14.7 Å². The first-order valence-electron chi connectivity index (χ1n) is 12.1. The first-order valence-corrected chi connectivity index (χ1v) is 13.8. The van der Waals surface area contributed by atoms with Crippen LogP contribution in [0.2, 0.25) is 0 Å². The van der Waals surface area contributed by atoms with Crippen molar-refractivity contribution in [3.05, 3.63) is 58.9 Å². The number of nitrogens with one attached hydrogen (secondary N) is 1. The Kier molecular flexibility index (Phi) is 8.22. The smallest absolute Gasteiger partial charge is 0.394 e. The van der Waals surface area contributed by atoms with Crippen molar-refractivity contribution in [2.24, 2.45) is 5.92 Å². The lowest BCUT2D eigenvalue weighted by atomic mass is 9.97. The van der Waals surface area contributed by atoms with E-state index in [1.165, 1.54) is 18.3 Å². The van der Waals surface area contributed by atoms with Crippen LogP contribution in [0, 0.1) is 5.92 Å². The van der Waals surface area contributed by atoms with Crippen molar-refractivity contribution >= 4 is 15.7 Å². The van der Waals surface area contributed by atoms with E-state index >= 15 is 0 Å². The number of rotatable bonds is 8. The Morgan fingerprint density at radius 2 is 1.97 bits per heavy atom. The van der Waals surface area contributed by atoms with Crippen LogP contribution in [-0.2, 0) is 27.7 Å². The first-order chi connectivity index (χ1) is 17.5. The molecule has 0 radical (unpaired) electrons. The van der Waals surface area contributed by atoms with Gasteiger partial charge in [0, 0.05) is 25.8 Å². The SMILES string of the molecule is CCS(=O)(=O)c1ccc([C@H](CO)NC(=O)c2cnc3c(c2)CN(C[C@@H]2CCC(C(F)(F)F)OC2)C3)cc1. The number of benzene rings is 1. The van der Waals surface area contributed by atoms with Gasteiger partial charge in [-0.05, 0) is 48.1 Å². The highest BCUT2D eigenvalue weighted by Gasteiger charge is 2.43. The van der Waals surface area contributed by atoms with Crippen LogP contribution in [0.15, 0.2) is 41.4 Å². The predicted octanol–water partition coefficient (Wildman–Crippen LogP) is 3.01. The van der Waals surface area contributed by atoms with E-state index in [9.17, 15) is 31.5 Å². The summed E-state index contributed by atoms with van der Waals surface area (Å²) >= 11 is 0. The summed E-state index contributed by atoms with van der Waals surface area (Å²) in [6, 6.07) is 7.04. The number of aliphatic hydroxyl groups is 1. The third-order valence-corrected chi connectivity index (χ3v) is 8.60. The second-order valence-corrected chi connectivity index (χ2v) is 11.8. The maximum Gasteiger partial charge on any atom is 0.414 e. The number of aromatic nitrogens is 1. The van der Waals surface area contributed by atoms with E-state index in [0.29, 0.717) is 37.2 Å². The average Bonchev–Trinajstić information content (AvgIpc) is 3.28. The molecule has 0 aliphatic carbocycles. The molecule has 2 aliphatic rings. The Balaban J connectivity index is 1.35. The van der Waals surface area contributed by atoms with Crippen LogP contribution >= 0.6 is 0 Å². The van der Waals surface area contributed by atoms with Crippen molar-refractivity contribution in [2.75, 3.05) is 25.5 Å². The normalized spacial score (nSPS) is 21.4. The van der Waals surface area contributed by atoms with Crippen LogP contribution in [0.3, 0.4) is 0 Å². The van der Waals surface area contributed by atoms with Gasteiger partial charge in [-0.2, -0.15) is 13.2 Å². The average molecular weight is 542 g/mol. The molecule has 1 fully saturated rings. The summed E-state index contributed by atoms with van der Waals surface area (Å²) in [5.74, 6) is -0.459. The quantitative estimate of drug-likeness (QED) is 0.529. The highest BCUT2D eigenvalue weighted by atomic mass is 32.2. The number of ether oxygens (including phenoxy) is 1. The topological polar surface area (TPSA) is 109 Å². The summed E-state index contributed by atoms with van der Waals surface area (Å²) in [5.41, 5.74) is 2.56. The summed E-state index contributed by atoms with van der Waals surface area (Å²) in [4.78, 5) is 19.6. The number of amides is 1. The second kappa shape index (κ2) is 11.1. The van der Waals surface area contributed by atoms with Crippen LogP contribution < -0.4 is 5.32 Å². The number of carbonyl (C=O) groups excluding carboxylic acids is 1. The molecule has 0 bridgehead atoms. The van der Waals surface area contributed by atoms with Crippen molar-refractivity contribution in [2.45, 2.75) is 56.1 Å². The van der Waals surface area contributed by atoms with Gasteiger partial charge >= 0.3 is 6.18 Å². The van der Waals surface area contributed by atoms with Gasteiger partial charge in [0.25, 0.3) is 5.91 Å². The molecule has 4 rings (SSSR count). The molecule has 0 spiro atoms. The molecular formula is C25H30F3N3O5S. The molecule has 1 aromatic carbocycles. The number of carbonyl (C=O) groups is 1. The Bertz CT molecular complexity index is 1210. The van der Waals surface area contributed by atoms with E-state index in [-0.39, 0.29) is 36.2 Å². The van der Waals surface area contributed by atoms with Crippen LogP contribution in [0.25, 0.3) is 0 Å². The van der Waals surface area contributed by atoms with E-state index in [0.717, 1.165) is 11.3 Å². The molecule has 0 saturated carbocycles. The Hall–Kier alpha value is -2.54. The third kappa shape index (κ3) is 6.49. The summed E-state index contributed by atoms with van der Waals surface area (Å²) < 4.78 is 67.5. The molecule has 202 valence electrons. The largest absolute Gasteiger partial charge is 0.414 e. The van der Waals surface area contributed by atoms with E-state index in [1.54, 1.807) is 25.1 Å². The van der Waals surface area contributed by atoms with Crippen molar-refractivity contribution in [1.82, 2.24) is 15.2 Å². The van der Waals surface area contributed by atoms with Gasteiger partial charge in [0.1, 0.15) is 0 Å². The number of hydrogen-bond donors (Lipinski definition) is 2. The van der Waals surface area contributed by atoms with Gasteiger partial charge in [0.15, 0.2) is 15.9 Å². The molecule has 1 amide bonds. The molecule has 37 heavy (non-hydrogen) atoms. The molecule has 2 aromatic rings. The maximum atomic E-state index is 12.9. The first kappa shape index (κ1) is 27.5. The minimum absolute atomic E-state index is 0.000282. The maximum absolute atomic E-state index is 12.9. The zero-order valence-electron chi connectivity index (χ0n) is 20.4. The number of pyridine rings is 1. The van der Waals surface area contributed by atoms with Crippen molar-refractivity contribution in [1.29, 1.82) is 0 Å². The molecule has 1 aromatic heterocycles. The summed E-state index contributed by atoms with van der Waals surface area (Å²) in [6.07, 6.45) is -4.16. The lowest BCUT2D eigenvalue weighted by Gasteiger charge is -2.32.